The van der Waals surface area contributed by atoms with Crippen LogP contribution in [0.3, 0.4) is 0 Å². The van der Waals surface area contributed by atoms with Crippen molar-refractivity contribution in [2.45, 2.75) is 39.8 Å². The molecule has 0 aliphatic heterocycles. The fourth-order valence-electron chi connectivity index (χ4n) is 6.36. The predicted molar refractivity (Wildman–Crippen MR) is 218 cm³/mol. The van der Waals surface area contributed by atoms with Crippen molar-refractivity contribution in [3.8, 4) is 57.4 Å². The Kier molecular flexibility index (Phi) is 10.5. The van der Waals surface area contributed by atoms with Crippen molar-refractivity contribution in [1.29, 1.82) is 10.5 Å². The highest BCUT2D eigenvalue weighted by molar-refractivity contribution is 6.01. The highest BCUT2D eigenvalue weighted by Crippen LogP contribution is 2.37. The first-order valence-corrected chi connectivity index (χ1v) is 18.0. The second-order valence-electron chi connectivity index (χ2n) is 13.6. The van der Waals surface area contributed by atoms with Gasteiger partial charge in [0.25, 0.3) is 0 Å². The zero-order valence-corrected chi connectivity index (χ0v) is 31.6. The lowest BCUT2D eigenvalue weighted by Crippen LogP contribution is -2.00. The Morgan fingerprint density at radius 3 is 1.42 bits per heavy atom. The molecule has 0 atom stereocenters. The minimum Gasteiger partial charge on any atom is -0.457 e. The molecule has 57 heavy (non-hydrogen) atoms. The van der Waals surface area contributed by atoms with Gasteiger partial charge in [0.2, 0.25) is 0 Å². The molecule has 0 amide bonds. The summed E-state index contributed by atoms with van der Waals surface area (Å²) < 4.78 is 29.7. The Hall–Kier alpha value is -7.77. The molecule has 0 saturated heterocycles. The maximum Gasteiger partial charge on any atom is 0.167 e. The molecule has 13 heteroatoms. The highest BCUT2D eigenvalue weighted by Gasteiger charge is 2.18. The van der Waals surface area contributed by atoms with E-state index in [1.165, 1.54) is 24.8 Å². The van der Waals surface area contributed by atoms with Crippen molar-refractivity contribution >= 4 is 33.7 Å². The van der Waals surface area contributed by atoms with Gasteiger partial charge < -0.3 is 30.1 Å². The molecule has 8 aromatic rings. The van der Waals surface area contributed by atoms with Gasteiger partial charge in [-0.05, 0) is 106 Å². The standard InChI is InChI=1S/C22H18FN5O.C22H19N5O/c1-13(2)28-11-17(20-21(25)26-12-27-22(20)28)15-4-6-16(7-5-15)29-19-8-3-14(10-24)9-18(19)23;1-14(2)27-12-19(20-21(24)25-13-26-22(20)27)16-5-9-18(10-6-16)28-17-7-3-15(11-23)4-8-17/h3-9,11-13H,1-2H3,(H2,25,26,27);3-10,12-14H,1-2H3,(H2,24,25,26). The molecule has 4 aromatic heterocycles. The number of benzene rings is 4. The SMILES string of the molecule is CC(C)n1cc(-c2ccc(Oc3ccc(C#N)cc3)cc2)c2c(N)ncnc21.CC(C)n1cc(-c2ccc(Oc3ccc(C#N)cc3F)cc2)c2c(N)ncnc21. The third-order valence-electron chi connectivity index (χ3n) is 9.23. The molecule has 4 N–H and O–H groups in total. The fourth-order valence-corrected chi connectivity index (χ4v) is 6.36. The molecule has 0 aliphatic carbocycles. The molecule has 0 spiro atoms. The molecule has 282 valence electrons. The maximum atomic E-state index is 14.1. The summed E-state index contributed by atoms with van der Waals surface area (Å²) in [5, 5.41) is 19.4. The first-order valence-electron chi connectivity index (χ1n) is 18.0. The van der Waals surface area contributed by atoms with E-state index < -0.39 is 5.82 Å². The number of rotatable bonds is 8. The number of fused-ring (bicyclic) bond motifs is 2. The Morgan fingerprint density at radius 1 is 0.579 bits per heavy atom. The van der Waals surface area contributed by atoms with E-state index >= 15 is 0 Å². The van der Waals surface area contributed by atoms with Gasteiger partial charge in [0.05, 0.1) is 34.0 Å². The number of halogens is 1. The summed E-state index contributed by atoms with van der Waals surface area (Å²) in [5.41, 5.74) is 18.6. The second-order valence-corrected chi connectivity index (χ2v) is 13.6. The van der Waals surface area contributed by atoms with Gasteiger partial charge >= 0.3 is 0 Å². The molecule has 0 saturated carbocycles. The van der Waals surface area contributed by atoms with Crippen LogP contribution in [-0.2, 0) is 0 Å². The van der Waals surface area contributed by atoms with Crippen molar-refractivity contribution in [3.63, 3.8) is 0 Å². The Balaban J connectivity index is 0.000000174. The molecule has 0 bridgehead atoms. The molecule has 8 rings (SSSR count). The maximum absolute atomic E-state index is 14.1. The molecule has 0 radical (unpaired) electrons. The largest absolute Gasteiger partial charge is 0.457 e. The summed E-state index contributed by atoms with van der Waals surface area (Å²) in [6.07, 6.45) is 7.03. The van der Waals surface area contributed by atoms with Crippen LogP contribution in [-0.4, -0.2) is 29.1 Å². The first kappa shape index (κ1) is 37.5. The van der Waals surface area contributed by atoms with E-state index in [-0.39, 0.29) is 23.4 Å². The number of anilines is 2. The minimum atomic E-state index is -0.585. The van der Waals surface area contributed by atoms with E-state index in [4.69, 9.17) is 31.5 Å². The Bertz CT molecular complexity index is 2800. The average Bonchev–Trinajstić information content (AvgIpc) is 3.82. The van der Waals surface area contributed by atoms with Gasteiger partial charge in [0.1, 0.15) is 52.8 Å². The predicted octanol–water partition coefficient (Wildman–Crippen LogP) is 9.99. The van der Waals surface area contributed by atoms with Crippen molar-refractivity contribution in [2.75, 3.05) is 11.5 Å². The van der Waals surface area contributed by atoms with Gasteiger partial charge in [-0.3, -0.25) is 0 Å². The second kappa shape index (κ2) is 15.9. The van der Waals surface area contributed by atoms with E-state index in [9.17, 15) is 4.39 Å². The lowest BCUT2D eigenvalue weighted by Gasteiger charge is -2.08. The van der Waals surface area contributed by atoms with E-state index in [1.807, 2.05) is 48.7 Å². The minimum absolute atomic E-state index is 0.0609. The van der Waals surface area contributed by atoms with Crippen LogP contribution in [0.5, 0.6) is 23.0 Å². The third kappa shape index (κ3) is 7.76. The number of nitrogens with two attached hydrogens (primary N) is 2. The zero-order chi connectivity index (χ0) is 40.2. The number of ether oxygens (including phenoxy) is 2. The van der Waals surface area contributed by atoms with Crippen LogP contribution in [0.15, 0.2) is 116 Å². The lowest BCUT2D eigenvalue weighted by atomic mass is 10.1. The van der Waals surface area contributed by atoms with Crippen LogP contribution in [0.1, 0.15) is 50.9 Å². The normalized spacial score (nSPS) is 11.0. The summed E-state index contributed by atoms with van der Waals surface area (Å²) in [6, 6.07) is 30.6. The third-order valence-corrected chi connectivity index (χ3v) is 9.23. The van der Waals surface area contributed by atoms with E-state index in [1.54, 1.807) is 36.4 Å². The number of nitrogen functional groups attached to an aromatic ring is 2. The monoisotopic (exact) mass is 756 g/mol. The van der Waals surface area contributed by atoms with Crippen LogP contribution in [0, 0.1) is 28.5 Å². The molecule has 12 nitrogen and oxygen atoms in total. The van der Waals surface area contributed by atoms with Crippen LogP contribution in [0.2, 0.25) is 0 Å². The zero-order valence-electron chi connectivity index (χ0n) is 31.6. The average molecular weight is 757 g/mol. The van der Waals surface area contributed by atoms with E-state index in [2.05, 4.69) is 69.0 Å². The quantitative estimate of drug-likeness (QED) is 0.151. The van der Waals surface area contributed by atoms with E-state index in [0.29, 0.717) is 34.4 Å². The van der Waals surface area contributed by atoms with Gasteiger partial charge in [-0.25, -0.2) is 24.3 Å². The first-order chi connectivity index (χ1) is 27.5. The molecule has 4 aromatic carbocycles. The van der Waals surface area contributed by atoms with Crippen LogP contribution in [0.4, 0.5) is 16.0 Å². The molecular formula is C44H37FN10O2. The molecule has 4 heterocycles. The molecular weight excluding hydrogens is 720 g/mol. The number of hydrogen-bond acceptors (Lipinski definition) is 10. The summed E-state index contributed by atoms with van der Waals surface area (Å²) in [5.74, 6) is 2.24. The summed E-state index contributed by atoms with van der Waals surface area (Å²) in [6.45, 7) is 8.36. The molecule has 0 fully saturated rings. The van der Waals surface area contributed by atoms with Crippen molar-refractivity contribution in [3.05, 3.63) is 133 Å². The van der Waals surface area contributed by atoms with Gasteiger partial charge in [-0.2, -0.15) is 10.5 Å². The van der Waals surface area contributed by atoms with Crippen LogP contribution in [0.25, 0.3) is 44.3 Å². The number of nitriles is 2. The summed E-state index contributed by atoms with van der Waals surface area (Å²) in [4.78, 5) is 17.1. The summed E-state index contributed by atoms with van der Waals surface area (Å²) in [7, 11) is 0. The lowest BCUT2D eigenvalue weighted by molar-refractivity contribution is 0.442. The highest BCUT2D eigenvalue weighted by atomic mass is 19.1. The van der Waals surface area contributed by atoms with Crippen molar-refractivity contribution in [1.82, 2.24) is 29.1 Å². The van der Waals surface area contributed by atoms with Crippen LogP contribution >= 0.6 is 0 Å². The van der Waals surface area contributed by atoms with Gasteiger partial charge in [0, 0.05) is 35.6 Å². The van der Waals surface area contributed by atoms with E-state index in [0.717, 1.165) is 50.4 Å². The molecule has 0 aliphatic rings. The Morgan fingerprint density at radius 2 is 1.00 bits per heavy atom. The van der Waals surface area contributed by atoms with Gasteiger partial charge in [-0.1, -0.05) is 24.3 Å². The molecule has 0 unspecified atom stereocenters. The number of nitrogens with zero attached hydrogens (tertiary/aromatic N) is 8. The van der Waals surface area contributed by atoms with Crippen molar-refractivity contribution in [2.24, 2.45) is 0 Å². The number of aromatic nitrogens is 6. The Labute approximate surface area is 328 Å². The fraction of sp³-hybridized carbons (Fsp3) is 0.136. The topological polar surface area (TPSA) is 180 Å². The van der Waals surface area contributed by atoms with Gasteiger partial charge in [-0.15, -0.1) is 0 Å². The van der Waals surface area contributed by atoms with Gasteiger partial charge in [0.15, 0.2) is 11.6 Å². The van der Waals surface area contributed by atoms with Crippen LogP contribution < -0.4 is 20.9 Å². The van der Waals surface area contributed by atoms with Crippen molar-refractivity contribution < 1.29 is 13.9 Å². The smallest absolute Gasteiger partial charge is 0.167 e. The summed E-state index contributed by atoms with van der Waals surface area (Å²) >= 11 is 0. The number of hydrogen-bond donors (Lipinski definition) is 2.